The number of para-hydroxylation sites is 1. The Bertz CT molecular complexity index is 618. The molecule has 0 aliphatic rings. The molecule has 0 aromatic heterocycles. The summed E-state index contributed by atoms with van der Waals surface area (Å²) in [7, 11) is 0. The van der Waals surface area contributed by atoms with Crippen molar-refractivity contribution in [2.45, 2.75) is 13.5 Å². The second-order valence-electron chi connectivity index (χ2n) is 4.55. The summed E-state index contributed by atoms with van der Waals surface area (Å²) in [4.78, 5) is 12.0. The van der Waals surface area contributed by atoms with Crippen LogP contribution in [0.4, 0.5) is 0 Å². The van der Waals surface area contributed by atoms with Crippen LogP contribution in [0.15, 0.2) is 66.4 Å². The molecule has 0 spiro atoms. The average molecular weight is 267 g/mol. The van der Waals surface area contributed by atoms with E-state index in [9.17, 15) is 9.90 Å². The largest absolute Gasteiger partial charge is 0.507 e. The first-order valence-electron chi connectivity index (χ1n) is 6.45. The van der Waals surface area contributed by atoms with E-state index in [1.54, 1.807) is 18.2 Å². The second kappa shape index (κ2) is 6.57. The molecule has 0 aliphatic carbocycles. The number of hydrogen-bond acceptors (Lipinski definition) is 3. The standard InChI is InChI=1S/C17H17NO2/c1-13(18-12-14-7-3-2-4-8-14)11-17(20)15-9-5-6-10-16(15)19/h2-11,18-19H,12H2,1H3/b13-11+. The lowest BCUT2D eigenvalue weighted by Crippen LogP contribution is -2.12. The first kappa shape index (κ1) is 13.9. The summed E-state index contributed by atoms with van der Waals surface area (Å²) >= 11 is 0. The Kier molecular flexibility index (Phi) is 4.56. The molecule has 20 heavy (non-hydrogen) atoms. The molecule has 0 saturated carbocycles. The van der Waals surface area contributed by atoms with Gasteiger partial charge in [0.15, 0.2) is 5.78 Å². The molecule has 0 radical (unpaired) electrons. The van der Waals surface area contributed by atoms with Crippen LogP contribution in [-0.4, -0.2) is 10.9 Å². The van der Waals surface area contributed by atoms with Gasteiger partial charge < -0.3 is 10.4 Å². The van der Waals surface area contributed by atoms with Crippen LogP contribution >= 0.6 is 0 Å². The van der Waals surface area contributed by atoms with Gasteiger partial charge >= 0.3 is 0 Å². The molecule has 2 N–H and O–H groups in total. The SMILES string of the molecule is C/C(=C\C(=O)c1ccccc1O)NCc1ccccc1. The topological polar surface area (TPSA) is 49.3 Å². The molecule has 3 heteroatoms. The van der Waals surface area contributed by atoms with E-state index >= 15 is 0 Å². The Morgan fingerprint density at radius 3 is 2.45 bits per heavy atom. The number of carbonyl (C=O) groups is 1. The third-order valence-electron chi connectivity index (χ3n) is 2.93. The molecule has 0 aliphatic heterocycles. The molecule has 0 atom stereocenters. The highest BCUT2D eigenvalue weighted by molar-refractivity contribution is 6.06. The molecule has 0 fully saturated rings. The monoisotopic (exact) mass is 267 g/mol. The number of aromatic hydroxyl groups is 1. The van der Waals surface area contributed by atoms with Crippen molar-refractivity contribution in [2.75, 3.05) is 0 Å². The third-order valence-corrected chi connectivity index (χ3v) is 2.93. The third kappa shape index (κ3) is 3.72. The Balaban J connectivity index is 2.00. The van der Waals surface area contributed by atoms with Crippen LogP contribution in [0.3, 0.4) is 0 Å². The van der Waals surface area contributed by atoms with Gasteiger partial charge in [-0.3, -0.25) is 4.79 Å². The minimum Gasteiger partial charge on any atom is -0.507 e. The van der Waals surface area contributed by atoms with Crippen LogP contribution in [0, 0.1) is 0 Å². The smallest absolute Gasteiger partial charge is 0.191 e. The van der Waals surface area contributed by atoms with E-state index in [2.05, 4.69) is 5.32 Å². The number of hydrogen-bond donors (Lipinski definition) is 2. The van der Waals surface area contributed by atoms with Crippen LogP contribution in [0.25, 0.3) is 0 Å². The van der Waals surface area contributed by atoms with E-state index in [4.69, 9.17) is 0 Å². The molecule has 3 nitrogen and oxygen atoms in total. The number of benzene rings is 2. The predicted molar refractivity (Wildman–Crippen MR) is 79.5 cm³/mol. The van der Waals surface area contributed by atoms with Crippen LogP contribution in [-0.2, 0) is 6.54 Å². The minimum atomic E-state index is -0.207. The molecule has 0 saturated heterocycles. The van der Waals surface area contributed by atoms with Crippen molar-refractivity contribution in [3.63, 3.8) is 0 Å². The Morgan fingerprint density at radius 1 is 1.10 bits per heavy atom. The van der Waals surface area contributed by atoms with Crippen molar-refractivity contribution < 1.29 is 9.90 Å². The molecular formula is C17H17NO2. The molecule has 0 bridgehead atoms. The fourth-order valence-electron chi connectivity index (χ4n) is 1.84. The van der Waals surface area contributed by atoms with E-state index < -0.39 is 0 Å². The van der Waals surface area contributed by atoms with Gasteiger partial charge in [0.2, 0.25) is 0 Å². The van der Waals surface area contributed by atoms with Crippen LogP contribution in [0.2, 0.25) is 0 Å². The first-order chi connectivity index (χ1) is 9.66. The molecule has 2 aromatic rings. The van der Waals surface area contributed by atoms with E-state index in [-0.39, 0.29) is 11.5 Å². The molecule has 0 unspecified atom stereocenters. The summed E-state index contributed by atoms with van der Waals surface area (Å²) in [6.07, 6.45) is 1.50. The number of carbonyl (C=O) groups excluding carboxylic acids is 1. The maximum Gasteiger partial charge on any atom is 0.191 e. The summed E-state index contributed by atoms with van der Waals surface area (Å²) in [6.45, 7) is 2.50. The van der Waals surface area contributed by atoms with Crippen molar-refractivity contribution in [1.82, 2.24) is 5.32 Å². The van der Waals surface area contributed by atoms with Crippen molar-refractivity contribution in [1.29, 1.82) is 0 Å². The van der Waals surface area contributed by atoms with Crippen molar-refractivity contribution in [3.8, 4) is 5.75 Å². The quantitative estimate of drug-likeness (QED) is 0.645. The van der Waals surface area contributed by atoms with Crippen molar-refractivity contribution in [3.05, 3.63) is 77.5 Å². The number of phenolic OH excluding ortho intramolecular Hbond substituents is 1. The summed E-state index contributed by atoms with van der Waals surface area (Å²) in [5.74, 6) is -0.203. The fraction of sp³-hybridized carbons (Fsp3) is 0.118. The summed E-state index contributed by atoms with van der Waals surface area (Å²) in [5.41, 5.74) is 2.23. The van der Waals surface area contributed by atoms with Gasteiger partial charge in [0.05, 0.1) is 5.56 Å². The van der Waals surface area contributed by atoms with Crippen LogP contribution in [0.5, 0.6) is 5.75 Å². The van der Waals surface area contributed by atoms with Gasteiger partial charge in [-0.05, 0) is 24.6 Å². The zero-order chi connectivity index (χ0) is 14.4. The Hall–Kier alpha value is -2.55. The number of rotatable bonds is 5. The van der Waals surface area contributed by atoms with Gasteiger partial charge in [0, 0.05) is 18.3 Å². The average Bonchev–Trinajstić information content (AvgIpc) is 2.46. The number of nitrogens with one attached hydrogen (secondary N) is 1. The molecule has 2 aromatic carbocycles. The highest BCUT2D eigenvalue weighted by Crippen LogP contribution is 2.16. The molecule has 102 valence electrons. The maximum absolute atomic E-state index is 12.0. The number of allylic oxidation sites excluding steroid dienone is 2. The van der Waals surface area contributed by atoms with E-state index in [0.29, 0.717) is 12.1 Å². The highest BCUT2D eigenvalue weighted by Gasteiger charge is 2.07. The Labute approximate surface area is 118 Å². The first-order valence-corrected chi connectivity index (χ1v) is 6.45. The molecule has 2 rings (SSSR count). The number of ketones is 1. The van der Waals surface area contributed by atoms with Crippen LogP contribution < -0.4 is 5.32 Å². The minimum absolute atomic E-state index is 0.00427. The van der Waals surface area contributed by atoms with Gasteiger partial charge in [-0.15, -0.1) is 0 Å². The van der Waals surface area contributed by atoms with Crippen molar-refractivity contribution in [2.24, 2.45) is 0 Å². The Morgan fingerprint density at radius 2 is 1.75 bits per heavy atom. The fourth-order valence-corrected chi connectivity index (χ4v) is 1.84. The van der Waals surface area contributed by atoms with E-state index in [1.165, 1.54) is 12.1 Å². The van der Waals surface area contributed by atoms with Gasteiger partial charge in [-0.1, -0.05) is 42.5 Å². The van der Waals surface area contributed by atoms with Crippen molar-refractivity contribution >= 4 is 5.78 Å². The maximum atomic E-state index is 12.0. The second-order valence-corrected chi connectivity index (χ2v) is 4.55. The van der Waals surface area contributed by atoms with Gasteiger partial charge in [-0.25, -0.2) is 0 Å². The lowest BCUT2D eigenvalue weighted by molar-refractivity contribution is 0.104. The summed E-state index contributed by atoms with van der Waals surface area (Å²) in [5, 5.41) is 12.8. The molecular weight excluding hydrogens is 250 g/mol. The molecule has 0 amide bonds. The van der Waals surface area contributed by atoms with Gasteiger partial charge in [0.1, 0.15) is 5.75 Å². The van der Waals surface area contributed by atoms with E-state index in [1.807, 2.05) is 37.3 Å². The zero-order valence-electron chi connectivity index (χ0n) is 11.3. The lowest BCUT2D eigenvalue weighted by Gasteiger charge is -2.07. The normalized spacial score (nSPS) is 11.2. The van der Waals surface area contributed by atoms with E-state index in [0.717, 1.165) is 11.3 Å². The molecule has 0 heterocycles. The zero-order valence-corrected chi connectivity index (χ0v) is 11.3. The van der Waals surface area contributed by atoms with Crippen LogP contribution in [0.1, 0.15) is 22.8 Å². The van der Waals surface area contributed by atoms with Gasteiger partial charge in [-0.2, -0.15) is 0 Å². The summed E-state index contributed by atoms with van der Waals surface area (Å²) < 4.78 is 0. The predicted octanol–water partition coefficient (Wildman–Crippen LogP) is 3.27. The summed E-state index contributed by atoms with van der Waals surface area (Å²) in [6, 6.07) is 16.5. The number of phenols is 1. The highest BCUT2D eigenvalue weighted by atomic mass is 16.3. The lowest BCUT2D eigenvalue weighted by atomic mass is 10.1. The van der Waals surface area contributed by atoms with Gasteiger partial charge in [0.25, 0.3) is 0 Å².